The lowest BCUT2D eigenvalue weighted by atomic mass is 9.84. The molecule has 0 saturated carbocycles. The zero-order chi connectivity index (χ0) is 14.0. The topological polar surface area (TPSA) is 35.2 Å². The fraction of sp³-hybridized carbons (Fsp3) is 0.250. The fourth-order valence-corrected chi connectivity index (χ4v) is 2.14. The number of hydrogen-bond acceptors (Lipinski definition) is 2. The minimum atomic E-state index is -0.898. The molecule has 0 bridgehead atoms. The number of hydrogen-bond donors (Lipinski definition) is 1. The first-order valence-electron chi connectivity index (χ1n) is 6.15. The lowest BCUT2D eigenvalue weighted by Crippen LogP contribution is -2.35. The van der Waals surface area contributed by atoms with Gasteiger partial charge in [0.2, 0.25) is 0 Å². The van der Waals surface area contributed by atoms with Gasteiger partial charge in [0.15, 0.2) is 0 Å². The average Bonchev–Trinajstić information content (AvgIpc) is 2.41. The summed E-state index contributed by atoms with van der Waals surface area (Å²) in [5.74, 6) is 0.417. The van der Waals surface area contributed by atoms with Gasteiger partial charge in [0.1, 0.15) is 11.6 Å². The molecule has 0 aromatic heterocycles. The van der Waals surface area contributed by atoms with Crippen LogP contribution in [0.1, 0.15) is 23.6 Å². The Kier molecular flexibility index (Phi) is 3.58. The lowest BCUT2D eigenvalue weighted by Gasteiger charge is -2.27. The second kappa shape index (κ2) is 5.02. The molecule has 0 aliphatic heterocycles. The maximum Gasteiger partial charge on any atom is 0.128 e. The van der Waals surface area contributed by atoms with Crippen molar-refractivity contribution in [3.8, 4) is 5.75 Å². The van der Waals surface area contributed by atoms with E-state index in [0.29, 0.717) is 11.3 Å². The Morgan fingerprint density at radius 2 is 1.89 bits per heavy atom. The molecule has 2 nitrogen and oxygen atoms in total. The third kappa shape index (κ3) is 2.61. The Labute approximate surface area is 113 Å². The van der Waals surface area contributed by atoms with E-state index in [0.717, 1.165) is 11.1 Å². The maximum atomic E-state index is 14.0. The summed E-state index contributed by atoms with van der Waals surface area (Å²) in [7, 11) is 1.60. The lowest BCUT2D eigenvalue weighted by molar-refractivity contribution is 0.412. The quantitative estimate of drug-likeness (QED) is 0.917. The van der Waals surface area contributed by atoms with Crippen LogP contribution in [-0.4, -0.2) is 7.11 Å². The van der Waals surface area contributed by atoms with E-state index < -0.39 is 5.54 Å². The SMILES string of the molecule is COc1cccc(C(C)(N)c2cc(C)ccc2F)c1. The highest BCUT2D eigenvalue weighted by atomic mass is 19.1. The van der Waals surface area contributed by atoms with Crippen molar-refractivity contribution >= 4 is 0 Å². The van der Waals surface area contributed by atoms with E-state index in [4.69, 9.17) is 10.5 Å². The fourth-order valence-electron chi connectivity index (χ4n) is 2.14. The molecular weight excluding hydrogens is 241 g/mol. The van der Waals surface area contributed by atoms with E-state index in [1.807, 2.05) is 31.2 Å². The van der Waals surface area contributed by atoms with Crippen LogP contribution in [0, 0.1) is 12.7 Å². The molecule has 2 N–H and O–H groups in total. The van der Waals surface area contributed by atoms with Crippen molar-refractivity contribution < 1.29 is 9.13 Å². The van der Waals surface area contributed by atoms with Gasteiger partial charge >= 0.3 is 0 Å². The average molecular weight is 259 g/mol. The minimum absolute atomic E-state index is 0.293. The van der Waals surface area contributed by atoms with Crippen molar-refractivity contribution in [3.63, 3.8) is 0 Å². The molecule has 0 aliphatic carbocycles. The van der Waals surface area contributed by atoms with E-state index in [1.165, 1.54) is 6.07 Å². The van der Waals surface area contributed by atoms with E-state index in [1.54, 1.807) is 26.2 Å². The van der Waals surface area contributed by atoms with Crippen LogP contribution in [0.3, 0.4) is 0 Å². The maximum absolute atomic E-state index is 14.0. The molecule has 1 unspecified atom stereocenters. The predicted octanol–water partition coefficient (Wildman–Crippen LogP) is 3.36. The molecule has 2 aromatic carbocycles. The van der Waals surface area contributed by atoms with Gasteiger partial charge in [0, 0.05) is 5.56 Å². The van der Waals surface area contributed by atoms with Crippen molar-refractivity contribution in [1.82, 2.24) is 0 Å². The molecule has 1 atom stereocenters. The van der Waals surface area contributed by atoms with Gasteiger partial charge in [-0.25, -0.2) is 4.39 Å². The molecule has 0 saturated heterocycles. The Bertz CT molecular complexity index is 593. The number of benzene rings is 2. The summed E-state index contributed by atoms with van der Waals surface area (Å²) >= 11 is 0. The number of methoxy groups -OCH3 is 1. The van der Waals surface area contributed by atoms with Crippen molar-refractivity contribution in [3.05, 3.63) is 65.0 Å². The Balaban J connectivity index is 2.54. The monoisotopic (exact) mass is 259 g/mol. The molecule has 0 heterocycles. The minimum Gasteiger partial charge on any atom is -0.497 e. The van der Waals surface area contributed by atoms with Crippen molar-refractivity contribution in [2.24, 2.45) is 5.73 Å². The molecule has 100 valence electrons. The van der Waals surface area contributed by atoms with Gasteiger partial charge in [-0.15, -0.1) is 0 Å². The Morgan fingerprint density at radius 1 is 1.16 bits per heavy atom. The highest BCUT2D eigenvalue weighted by molar-refractivity contribution is 5.42. The van der Waals surface area contributed by atoms with Crippen LogP contribution < -0.4 is 10.5 Å². The zero-order valence-electron chi connectivity index (χ0n) is 11.4. The van der Waals surface area contributed by atoms with Gasteiger partial charge in [-0.1, -0.05) is 29.8 Å². The van der Waals surface area contributed by atoms with Gasteiger partial charge in [-0.3, -0.25) is 0 Å². The van der Waals surface area contributed by atoms with E-state index in [2.05, 4.69) is 0 Å². The van der Waals surface area contributed by atoms with Crippen LogP contribution in [0.15, 0.2) is 42.5 Å². The van der Waals surface area contributed by atoms with Gasteiger partial charge < -0.3 is 10.5 Å². The standard InChI is InChI=1S/C16H18FNO/c1-11-7-8-15(17)14(9-11)16(2,18)12-5-4-6-13(10-12)19-3/h4-10H,18H2,1-3H3. The third-order valence-corrected chi connectivity index (χ3v) is 3.35. The number of nitrogens with two attached hydrogens (primary N) is 1. The molecule has 0 aliphatic rings. The summed E-state index contributed by atoms with van der Waals surface area (Å²) in [6.45, 7) is 3.73. The van der Waals surface area contributed by atoms with Crippen molar-refractivity contribution in [2.45, 2.75) is 19.4 Å². The molecular formula is C16H18FNO. The van der Waals surface area contributed by atoms with E-state index in [9.17, 15) is 4.39 Å². The van der Waals surface area contributed by atoms with Gasteiger partial charge in [0.25, 0.3) is 0 Å². The summed E-state index contributed by atoms with van der Waals surface area (Å²) in [4.78, 5) is 0. The van der Waals surface area contributed by atoms with Gasteiger partial charge in [-0.05, 0) is 37.6 Å². The summed E-state index contributed by atoms with van der Waals surface area (Å²) in [6, 6.07) is 12.4. The van der Waals surface area contributed by atoms with Crippen LogP contribution in [0.25, 0.3) is 0 Å². The van der Waals surface area contributed by atoms with Crippen LogP contribution in [-0.2, 0) is 5.54 Å². The highest BCUT2D eigenvalue weighted by Gasteiger charge is 2.27. The number of halogens is 1. The van der Waals surface area contributed by atoms with E-state index >= 15 is 0 Å². The first kappa shape index (κ1) is 13.6. The summed E-state index contributed by atoms with van der Waals surface area (Å²) in [5, 5.41) is 0. The smallest absolute Gasteiger partial charge is 0.128 e. The molecule has 2 aromatic rings. The number of aryl methyl sites for hydroxylation is 1. The predicted molar refractivity (Wildman–Crippen MR) is 74.8 cm³/mol. The van der Waals surface area contributed by atoms with E-state index in [-0.39, 0.29) is 5.82 Å². The second-order valence-corrected chi connectivity index (χ2v) is 4.92. The number of ether oxygens (including phenoxy) is 1. The third-order valence-electron chi connectivity index (χ3n) is 3.35. The molecule has 0 fully saturated rings. The Morgan fingerprint density at radius 3 is 2.58 bits per heavy atom. The highest BCUT2D eigenvalue weighted by Crippen LogP contribution is 2.31. The van der Waals surface area contributed by atoms with Crippen molar-refractivity contribution in [2.75, 3.05) is 7.11 Å². The van der Waals surface area contributed by atoms with Crippen LogP contribution in [0.2, 0.25) is 0 Å². The summed E-state index contributed by atoms with van der Waals surface area (Å²) in [6.07, 6.45) is 0. The number of rotatable bonds is 3. The van der Waals surface area contributed by atoms with Crippen LogP contribution in [0.4, 0.5) is 4.39 Å². The van der Waals surface area contributed by atoms with Crippen molar-refractivity contribution in [1.29, 1.82) is 0 Å². The zero-order valence-corrected chi connectivity index (χ0v) is 11.4. The molecule has 2 rings (SSSR count). The van der Waals surface area contributed by atoms with Gasteiger partial charge in [0.05, 0.1) is 12.6 Å². The largest absolute Gasteiger partial charge is 0.497 e. The van der Waals surface area contributed by atoms with Gasteiger partial charge in [-0.2, -0.15) is 0 Å². The van der Waals surface area contributed by atoms with Crippen LogP contribution >= 0.6 is 0 Å². The first-order chi connectivity index (χ1) is 8.95. The molecule has 0 spiro atoms. The summed E-state index contributed by atoms with van der Waals surface area (Å²) < 4.78 is 19.2. The Hall–Kier alpha value is -1.87. The molecule has 0 amide bonds. The molecule has 3 heteroatoms. The molecule has 0 radical (unpaired) electrons. The summed E-state index contributed by atoms with van der Waals surface area (Å²) in [5.41, 5.74) is 7.74. The second-order valence-electron chi connectivity index (χ2n) is 4.92. The van der Waals surface area contributed by atoms with Crippen LogP contribution in [0.5, 0.6) is 5.75 Å². The molecule has 19 heavy (non-hydrogen) atoms. The first-order valence-corrected chi connectivity index (χ1v) is 6.15. The normalized spacial score (nSPS) is 13.9.